The Bertz CT molecular complexity index is 665. The molecule has 0 aromatic heterocycles. The molecule has 3 rings (SSSR count). The van der Waals surface area contributed by atoms with Gasteiger partial charge in [0.15, 0.2) is 5.96 Å². The average molecular weight is 432 g/mol. The van der Waals surface area contributed by atoms with Crippen LogP contribution in [-0.2, 0) is 4.74 Å². The molecule has 0 radical (unpaired) electrons. The van der Waals surface area contributed by atoms with E-state index in [0.29, 0.717) is 18.6 Å². The lowest BCUT2D eigenvalue weighted by molar-refractivity contribution is 0.0179. The predicted octanol–water partition coefficient (Wildman–Crippen LogP) is 2.50. The van der Waals surface area contributed by atoms with Crippen molar-refractivity contribution in [3.63, 3.8) is 0 Å². The fourth-order valence-corrected chi connectivity index (χ4v) is 4.40. The van der Waals surface area contributed by atoms with E-state index in [9.17, 15) is 0 Å². The van der Waals surface area contributed by atoms with Gasteiger partial charge in [-0.2, -0.15) is 0 Å². The molecule has 2 N–H and O–H groups in total. The first-order valence-corrected chi connectivity index (χ1v) is 11.8. The van der Waals surface area contributed by atoms with Crippen LogP contribution in [0, 0.1) is 0 Å². The summed E-state index contributed by atoms with van der Waals surface area (Å²) in [5, 5.41) is 7.15. The minimum absolute atomic E-state index is 0.230. The number of guanidine groups is 1. The normalized spacial score (nSPS) is 20.6. The van der Waals surface area contributed by atoms with Crippen LogP contribution in [0.3, 0.4) is 0 Å². The van der Waals surface area contributed by atoms with E-state index in [4.69, 9.17) is 14.5 Å². The molecule has 1 aromatic carbocycles. The van der Waals surface area contributed by atoms with Crippen molar-refractivity contribution in [2.24, 2.45) is 4.99 Å². The number of benzene rings is 1. The van der Waals surface area contributed by atoms with Gasteiger partial charge in [-0.1, -0.05) is 12.1 Å². The minimum Gasteiger partial charge on any atom is -0.497 e. The van der Waals surface area contributed by atoms with Gasteiger partial charge in [0.25, 0.3) is 0 Å². The molecule has 2 saturated heterocycles. The van der Waals surface area contributed by atoms with Crippen molar-refractivity contribution < 1.29 is 9.47 Å². The highest BCUT2D eigenvalue weighted by atomic mass is 16.5. The summed E-state index contributed by atoms with van der Waals surface area (Å²) in [5.41, 5.74) is 1.27. The molecule has 174 valence electrons. The molecule has 0 saturated carbocycles. The Morgan fingerprint density at radius 1 is 1.10 bits per heavy atom. The van der Waals surface area contributed by atoms with Crippen molar-refractivity contribution in [1.29, 1.82) is 0 Å². The van der Waals surface area contributed by atoms with Crippen LogP contribution in [0.4, 0.5) is 0 Å². The molecule has 31 heavy (non-hydrogen) atoms. The van der Waals surface area contributed by atoms with Gasteiger partial charge in [-0.05, 0) is 51.3 Å². The fourth-order valence-electron chi connectivity index (χ4n) is 4.40. The van der Waals surface area contributed by atoms with Crippen molar-refractivity contribution in [3.05, 3.63) is 29.8 Å². The van der Waals surface area contributed by atoms with E-state index < -0.39 is 0 Å². The summed E-state index contributed by atoms with van der Waals surface area (Å²) >= 11 is 0. The van der Waals surface area contributed by atoms with Crippen LogP contribution < -0.4 is 15.4 Å². The smallest absolute Gasteiger partial charge is 0.191 e. The SMILES string of the molecule is CCNC(=NCC(c1ccc(OC)cc1)N1CCOCC1)NC1CCN(C(C)C)CC1. The molecule has 2 fully saturated rings. The molecule has 0 amide bonds. The third-order valence-electron chi connectivity index (χ3n) is 6.35. The summed E-state index contributed by atoms with van der Waals surface area (Å²) in [6, 6.07) is 9.74. The van der Waals surface area contributed by atoms with E-state index in [1.165, 1.54) is 5.56 Å². The number of nitrogens with one attached hydrogen (secondary N) is 2. The standard InChI is InChI=1S/C24H41N5O2/c1-5-25-24(27-21-10-12-28(13-11-21)19(2)3)26-18-23(29-14-16-31-17-15-29)20-6-8-22(30-4)9-7-20/h6-9,19,21,23H,5,10-18H2,1-4H3,(H2,25,26,27). The van der Waals surface area contributed by atoms with E-state index in [0.717, 1.165) is 70.5 Å². The second-order valence-corrected chi connectivity index (χ2v) is 8.71. The third-order valence-corrected chi connectivity index (χ3v) is 6.35. The number of rotatable bonds is 8. The van der Waals surface area contributed by atoms with Crippen LogP contribution in [0.5, 0.6) is 5.75 Å². The fraction of sp³-hybridized carbons (Fsp3) is 0.708. The molecule has 0 bridgehead atoms. The molecular weight excluding hydrogens is 390 g/mol. The average Bonchev–Trinajstić information content (AvgIpc) is 2.81. The topological polar surface area (TPSA) is 61.4 Å². The zero-order valence-corrected chi connectivity index (χ0v) is 19.8. The first-order valence-electron chi connectivity index (χ1n) is 11.8. The number of likely N-dealkylation sites (tertiary alicyclic amines) is 1. The van der Waals surface area contributed by atoms with E-state index in [-0.39, 0.29) is 6.04 Å². The van der Waals surface area contributed by atoms with Crippen LogP contribution in [-0.4, -0.2) is 87.4 Å². The highest BCUT2D eigenvalue weighted by Gasteiger charge is 2.24. The van der Waals surface area contributed by atoms with Gasteiger partial charge in [-0.3, -0.25) is 9.89 Å². The Hall–Kier alpha value is -1.83. The maximum atomic E-state index is 5.59. The largest absolute Gasteiger partial charge is 0.497 e. The van der Waals surface area contributed by atoms with Gasteiger partial charge in [0, 0.05) is 44.8 Å². The quantitative estimate of drug-likeness (QED) is 0.487. The van der Waals surface area contributed by atoms with Crippen molar-refractivity contribution in [3.8, 4) is 5.75 Å². The van der Waals surface area contributed by atoms with Crippen LogP contribution in [0.25, 0.3) is 0 Å². The van der Waals surface area contributed by atoms with E-state index in [1.54, 1.807) is 7.11 Å². The van der Waals surface area contributed by atoms with Crippen LogP contribution >= 0.6 is 0 Å². The van der Waals surface area contributed by atoms with Gasteiger partial charge >= 0.3 is 0 Å². The number of hydrogen-bond acceptors (Lipinski definition) is 5. The molecule has 1 aromatic rings. The molecule has 2 heterocycles. The molecular formula is C24H41N5O2. The second-order valence-electron chi connectivity index (χ2n) is 8.71. The molecule has 2 aliphatic heterocycles. The molecule has 7 nitrogen and oxygen atoms in total. The van der Waals surface area contributed by atoms with Crippen molar-refractivity contribution in [2.45, 2.75) is 51.7 Å². The lowest BCUT2D eigenvalue weighted by Gasteiger charge is -2.36. The number of ether oxygens (including phenoxy) is 2. The summed E-state index contributed by atoms with van der Waals surface area (Å²) in [7, 11) is 1.71. The van der Waals surface area contributed by atoms with Crippen molar-refractivity contribution in [1.82, 2.24) is 20.4 Å². The number of morpholine rings is 1. The van der Waals surface area contributed by atoms with Gasteiger partial charge in [-0.25, -0.2) is 0 Å². The second kappa shape index (κ2) is 12.3. The summed E-state index contributed by atoms with van der Waals surface area (Å²) < 4.78 is 10.9. The maximum absolute atomic E-state index is 5.59. The minimum atomic E-state index is 0.230. The lowest BCUT2D eigenvalue weighted by atomic mass is 10.0. The Morgan fingerprint density at radius 3 is 2.35 bits per heavy atom. The Balaban J connectivity index is 1.68. The van der Waals surface area contributed by atoms with Crippen molar-refractivity contribution in [2.75, 3.05) is 59.6 Å². The van der Waals surface area contributed by atoms with Crippen LogP contribution in [0.15, 0.2) is 29.3 Å². The summed E-state index contributed by atoms with van der Waals surface area (Å²) in [5.74, 6) is 1.81. The zero-order chi connectivity index (χ0) is 22.1. The van der Waals surface area contributed by atoms with Crippen LogP contribution in [0.2, 0.25) is 0 Å². The van der Waals surface area contributed by atoms with Crippen LogP contribution in [0.1, 0.15) is 45.2 Å². The first kappa shape index (κ1) is 23.8. The predicted molar refractivity (Wildman–Crippen MR) is 127 cm³/mol. The first-order chi connectivity index (χ1) is 15.1. The highest BCUT2D eigenvalue weighted by molar-refractivity contribution is 5.80. The Labute approximate surface area is 188 Å². The van der Waals surface area contributed by atoms with Gasteiger partial charge < -0.3 is 25.0 Å². The van der Waals surface area contributed by atoms with Gasteiger partial charge in [0.2, 0.25) is 0 Å². The third kappa shape index (κ3) is 7.09. The molecule has 7 heteroatoms. The van der Waals surface area contributed by atoms with Crippen molar-refractivity contribution >= 4 is 5.96 Å². The Morgan fingerprint density at radius 2 is 1.77 bits per heavy atom. The van der Waals surface area contributed by atoms with E-state index in [2.05, 4.69) is 53.3 Å². The molecule has 1 atom stereocenters. The number of aliphatic imine (C=N–C) groups is 1. The summed E-state index contributed by atoms with van der Waals surface area (Å²) in [6.07, 6.45) is 2.32. The molecule has 2 aliphatic rings. The molecule has 1 unspecified atom stereocenters. The molecule has 0 spiro atoms. The van der Waals surface area contributed by atoms with Gasteiger partial charge in [0.05, 0.1) is 32.9 Å². The molecule has 0 aliphatic carbocycles. The number of hydrogen-bond donors (Lipinski definition) is 2. The monoisotopic (exact) mass is 431 g/mol. The Kier molecular flexibility index (Phi) is 9.43. The van der Waals surface area contributed by atoms with Gasteiger partial charge in [0.1, 0.15) is 5.75 Å². The highest BCUT2D eigenvalue weighted by Crippen LogP contribution is 2.24. The summed E-state index contributed by atoms with van der Waals surface area (Å²) in [4.78, 5) is 10.1. The van der Waals surface area contributed by atoms with E-state index in [1.807, 2.05) is 12.1 Å². The lowest BCUT2D eigenvalue weighted by Crippen LogP contribution is -2.50. The zero-order valence-electron chi connectivity index (χ0n) is 19.8. The maximum Gasteiger partial charge on any atom is 0.191 e. The number of methoxy groups -OCH3 is 1. The number of piperidine rings is 1. The number of nitrogens with zero attached hydrogens (tertiary/aromatic N) is 3. The van der Waals surface area contributed by atoms with E-state index >= 15 is 0 Å². The summed E-state index contributed by atoms with van der Waals surface area (Å²) in [6.45, 7) is 14.0. The van der Waals surface area contributed by atoms with Gasteiger partial charge in [-0.15, -0.1) is 0 Å².